The summed E-state index contributed by atoms with van der Waals surface area (Å²) < 4.78 is 9.27. The molecule has 0 aliphatic heterocycles. The van der Waals surface area contributed by atoms with E-state index in [0.29, 0.717) is 0 Å². The van der Waals surface area contributed by atoms with Crippen LogP contribution in [0.2, 0.25) is 0 Å². The van der Waals surface area contributed by atoms with Crippen LogP contribution >= 0.6 is 22.6 Å². The Morgan fingerprint density at radius 1 is 1.24 bits per heavy atom. The van der Waals surface area contributed by atoms with Crippen molar-refractivity contribution in [1.82, 2.24) is 0 Å². The predicted octanol–water partition coefficient (Wildman–Crippen LogP) is 2.27. The molecule has 4 nitrogen and oxygen atoms in total. The second-order valence-corrected chi connectivity index (χ2v) is 4.71. The highest BCUT2D eigenvalue weighted by Gasteiger charge is 2.30. The summed E-state index contributed by atoms with van der Waals surface area (Å²) in [5.41, 5.74) is 0.771. The molecule has 0 aliphatic carbocycles. The van der Waals surface area contributed by atoms with Crippen molar-refractivity contribution in [3.05, 3.63) is 35.9 Å². The summed E-state index contributed by atoms with van der Waals surface area (Å²) in [4.78, 5) is 22.6. The van der Waals surface area contributed by atoms with Crippen LogP contribution in [0.25, 0.3) is 0 Å². The lowest BCUT2D eigenvalue weighted by atomic mass is 10.1. The van der Waals surface area contributed by atoms with Crippen molar-refractivity contribution in [3.63, 3.8) is 0 Å². The minimum atomic E-state index is -0.623. The number of methoxy groups -OCH3 is 1. The third kappa shape index (κ3) is 3.99. The summed E-state index contributed by atoms with van der Waals surface area (Å²) in [6.45, 7) is 1.32. The van der Waals surface area contributed by atoms with E-state index >= 15 is 0 Å². The highest BCUT2D eigenvalue weighted by Crippen LogP contribution is 2.27. The molecular formula is C12H13IO4. The first kappa shape index (κ1) is 14.0. The molecule has 92 valence electrons. The first-order valence-electron chi connectivity index (χ1n) is 5.00. The zero-order chi connectivity index (χ0) is 12.8. The van der Waals surface area contributed by atoms with E-state index in [4.69, 9.17) is 4.74 Å². The Balaban J connectivity index is 2.95. The molecule has 0 N–H and O–H groups in total. The third-order valence-electron chi connectivity index (χ3n) is 2.11. The monoisotopic (exact) mass is 348 g/mol. The van der Waals surface area contributed by atoms with Crippen LogP contribution in [0.5, 0.6) is 0 Å². The average Bonchev–Trinajstić information content (AvgIpc) is 2.35. The smallest absolute Gasteiger partial charge is 0.322 e. The Kier molecular flexibility index (Phi) is 5.40. The topological polar surface area (TPSA) is 52.6 Å². The molecule has 0 aromatic heterocycles. The van der Waals surface area contributed by atoms with Crippen molar-refractivity contribution in [2.45, 2.75) is 17.0 Å². The molecule has 2 atom stereocenters. The Morgan fingerprint density at radius 3 is 2.29 bits per heavy atom. The van der Waals surface area contributed by atoms with Crippen molar-refractivity contribution < 1.29 is 19.1 Å². The van der Waals surface area contributed by atoms with Crippen LogP contribution in [-0.2, 0) is 19.1 Å². The van der Waals surface area contributed by atoms with Gasteiger partial charge in [-0.2, -0.15) is 0 Å². The van der Waals surface area contributed by atoms with E-state index in [1.165, 1.54) is 14.0 Å². The van der Waals surface area contributed by atoms with Crippen LogP contribution < -0.4 is 0 Å². The maximum Gasteiger partial charge on any atom is 0.322 e. The minimum Gasteiger partial charge on any atom is -0.468 e. The van der Waals surface area contributed by atoms with Gasteiger partial charge in [-0.25, -0.2) is 0 Å². The largest absolute Gasteiger partial charge is 0.468 e. The van der Waals surface area contributed by atoms with E-state index in [0.717, 1.165) is 5.56 Å². The third-order valence-corrected chi connectivity index (χ3v) is 3.27. The molecule has 5 heteroatoms. The first-order valence-corrected chi connectivity index (χ1v) is 6.25. The fourth-order valence-electron chi connectivity index (χ4n) is 1.35. The van der Waals surface area contributed by atoms with Crippen LogP contribution in [0, 0.1) is 0 Å². The van der Waals surface area contributed by atoms with Gasteiger partial charge in [-0.15, -0.1) is 0 Å². The van der Waals surface area contributed by atoms with Gasteiger partial charge in [-0.3, -0.25) is 9.59 Å². The summed E-state index contributed by atoms with van der Waals surface area (Å²) >= 11 is 1.91. The predicted molar refractivity (Wildman–Crippen MR) is 70.8 cm³/mol. The van der Waals surface area contributed by atoms with Crippen molar-refractivity contribution in [3.8, 4) is 0 Å². The number of esters is 2. The number of halogens is 1. The quantitative estimate of drug-likeness (QED) is 0.476. The van der Waals surface area contributed by atoms with E-state index in [1.807, 2.05) is 52.9 Å². The first-order chi connectivity index (χ1) is 8.06. The van der Waals surface area contributed by atoms with Crippen LogP contribution in [0.1, 0.15) is 18.6 Å². The van der Waals surface area contributed by atoms with Gasteiger partial charge in [0, 0.05) is 6.92 Å². The number of benzene rings is 1. The van der Waals surface area contributed by atoms with Crippen LogP contribution in [-0.4, -0.2) is 23.0 Å². The van der Waals surface area contributed by atoms with E-state index in [-0.39, 0.29) is 0 Å². The molecule has 0 fully saturated rings. The van der Waals surface area contributed by atoms with Crippen molar-refractivity contribution >= 4 is 34.5 Å². The van der Waals surface area contributed by atoms with Gasteiger partial charge >= 0.3 is 11.9 Å². The Hall–Kier alpha value is -1.11. The second-order valence-electron chi connectivity index (χ2n) is 3.37. The molecule has 0 aliphatic rings. The van der Waals surface area contributed by atoms with Gasteiger partial charge < -0.3 is 9.47 Å². The molecule has 1 aromatic carbocycles. The van der Waals surface area contributed by atoms with Gasteiger partial charge in [-0.1, -0.05) is 52.9 Å². The number of ether oxygens (including phenoxy) is 2. The van der Waals surface area contributed by atoms with E-state index in [1.54, 1.807) is 0 Å². The summed E-state index contributed by atoms with van der Waals surface area (Å²) in [7, 11) is 1.31. The lowest BCUT2D eigenvalue weighted by Crippen LogP contribution is -2.26. The molecule has 1 rings (SSSR count). The van der Waals surface area contributed by atoms with Gasteiger partial charge in [0.05, 0.1) is 7.11 Å². The van der Waals surface area contributed by atoms with Crippen molar-refractivity contribution in [2.75, 3.05) is 7.11 Å². The Morgan fingerprint density at radius 2 is 1.82 bits per heavy atom. The molecule has 17 heavy (non-hydrogen) atoms. The van der Waals surface area contributed by atoms with E-state index < -0.39 is 22.0 Å². The molecule has 0 saturated carbocycles. The molecule has 0 bridgehead atoms. The van der Waals surface area contributed by atoms with Gasteiger partial charge in [0.25, 0.3) is 0 Å². The zero-order valence-electron chi connectivity index (χ0n) is 9.55. The molecule has 0 spiro atoms. The lowest BCUT2D eigenvalue weighted by molar-refractivity contribution is -0.151. The minimum absolute atomic E-state index is 0.416. The number of hydrogen-bond donors (Lipinski definition) is 0. The summed E-state index contributed by atoms with van der Waals surface area (Å²) in [6, 6.07) is 9.12. The molecule has 0 saturated heterocycles. The molecule has 0 unspecified atom stereocenters. The van der Waals surface area contributed by atoms with Gasteiger partial charge in [0.15, 0.2) is 0 Å². The number of carbonyl (C=O) groups excluding carboxylic acids is 2. The molecular weight excluding hydrogens is 335 g/mol. The Labute approximate surface area is 113 Å². The standard InChI is InChI=1S/C12H13IO4/c1-8(14)17-11(10(13)12(15)16-2)9-6-4-3-5-7-9/h3-7,10-11H,1-2H3/t10-,11-/m0/s1. The zero-order valence-corrected chi connectivity index (χ0v) is 11.7. The number of alkyl halides is 1. The number of rotatable bonds is 4. The number of carbonyl (C=O) groups is 2. The molecule has 0 heterocycles. The van der Waals surface area contributed by atoms with Crippen molar-refractivity contribution in [1.29, 1.82) is 0 Å². The lowest BCUT2D eigenvalue weighted by Gasteiger charge is -2.21. The Bertz CT molecular complexity index is 391. The van der Waals surface area contributed by atoms with Gasteiger partial charge in [-0.05, 0) is 5.56 Å². The molecule has 1 aromatic rings. The second kappa shape index (κ2) is 6.58. The molecule has 0 radical (unpaired) electrons. The van der Waals surface area contributed by atoms with Crippen LogP contribution in [0.15, 0.2) is 30.3 Å². The summed E-state index contributed by atoms with van der Waals surface area (Å²) in [5.74, 6) is -0.842. The highest BCUT2D eigenvalue weighted by atomic mass is 127. The van der Waals surface area contributed by atoms with Crippen LogP contribution in [0.3, 0.4) is 0 Å². The maximum absolute atomic E-state index is 11.5. The fraction of sp³-hybridized carbons (Fsp3) is 0.333. The average molecular weight is 348 g/mol. The summed E-state index contributed by atoms with van der Waals surface area (Å²) in [6.07, 6.45) is -0.623. The normalized spacial score (nSPS) is 13.6. The van der Waals surface area contributed by atoms with Gasteiger partial charge in [0.2, 0.25) is 0 Å². The van der Waals surface area contributed by atoms with E-state index in [2.05, 4.69) is 4.74 Å². The van der Waals surface area contributed by atoms with E-state index in [9.17, 15) is 9.59 Å². The highest BCUT2D eigenvalue weighted by molar-refractivity contribution is 14.1. The number of hydrogen-bond acceptors (Lipinski definition) is 4. The maximum atomic E-state index is 11.5. The SMILES string of the molecule is COC(=O)[C@@H](I)[C@@H](OC(C)=O)c1ccccc1. The van der Waals surface area contributed by atoms with Crippen LogP contribution in [0.4, 0.5) is 0 Å². The van der Waals surface area contributed by atoms with Crippen molar-refractivity contribution in [2.24, 2.45) is 0 Å². The fourth-order valence-corrected chi connectivity index (χ4v) is 2.17. The summed E-state index contributed by atoms with van der Waals surface area (Å²) in [5, 5.41) is 0. The molecule has 0 amide bonds. The van der Waals surface area contributed by atoms with Gasteiger partial charge in [0.1, 0.15) is 10.0 Å².